The van der Waals surface area contributed by atoms with Crippen molar-refractivity contribution in [1.29, 1.82) is 0 Å². The van der Waals surface area contributed by atoms with Gasteiger partial charge >= 0.3 is 0 Å². The predicted molar refractivity (Wildman–Crippen MR) is 107 cm³/mol. The van der Waals surface area contributed by atoms with Gasteiger partial charge < -0.3 is 24.7 Å². The smallest absolute Gasteiger partial charge is 0.192 e. The first-order valence-corrected chi connectivity index (χ1v) is 10.8. The van der Waals surface area contributed by atoms with Gasteiger partial charge in [-0.2, -0.15) is 0 Å². The van der Waals surface area contributed by atoms with Crippen molar-refractivity contribution >= 4 is 5.96 Å². The monoisotopic (exact) mass is 390 g/mol. The molecule has 3 heterocycles. The highest BCUT2D eigenvalue weighted by molar-refractivity contribution is 5.80. The molecule has 3 fully saturated rings. The molecular formula is C20H34N6O2. The van der Waals surface area contributed by atoms with Crippen LogP contribution in [0.4, 0.5) is 0 Å². The highest BCUT2D eigenvalue weighted by Gasteiger charge is 2.40. The molecule has 0 aromatic carbocycles. The Kier molecular flexibility index (Phi) is 6.16. The molecule has 156 valence electrons. The lowest BCUT2D eigenvalue weighted by Crippen LogP contribution is -2.51. The highest BCUT2D eigenvalue weighted by atomic mass is 16.5. The Hall–Kier alpha value is -1.67. The van der Waals surface area contributed by atoms with Crippen LogP contribution < -0.4 is 10.6 Å². The molecule has 0 amide bonds. The van der Waals surface area contributed by atoms with Crippen LogP contribution >= 0.6 is 0 Å². The third kappa shape index (κ3) is 4.66. The van der Waals surface area contributed by atoms with Gasteiger partial charge in [-0.25, -0.2) is 4.99 Å². The van der Waals surface area contributed by atoms with Crippen molar-refractivity contribution in [2.45, 2.75) is 82.6 Å². The van der Waals surface area contributed by atoms with Crippen molar-refractivity contribution in [1.82, 2.24) is 25.4 Å². The van der Waals surface area contributed by atoms with Crippen LogP contribution in [0.3, 0.4) is 0 Å². The lowest BCUT2D eigenvalue weighted by atomic mass is 9.89. The Morgan fingerprint density at radius 2 is 2.07 bits per heavy atom. The van der Waals surface area contributed by atoms with Gasteiger partial charge in [0.05, 0.1) is 11.7 Å². The number of hydrogen-bond donors (Lipinski definition) is 2. The van der Waals surface area contributed by atoms with Crippen LogP contribution in [-0.2, 0) is 23.1 Å². The number of nitrogens with one attached hydrogen (secondary N) is 2. The van der Waals surface area contributed by atoms with Crippen LogP contribution in [0.25, 0.3) is 0 Å². The molecule has 1 aromatic heterocycles. The fourth-order valence-electron chi connectivity index (χ4n) is 4.62. The van der Waals surface area contributed by atoms with Gasteiger partial charge in [0.15, 0.2) is 11.8 Å². The molecule has 2 N–H and O–H groups in total. The third-order valence-corrected chi connectivity index (χ3v) is 6.43. The Labute approximate surface area is 167 Å². The van der Waals surface area contributed by atoms with Crippen molar-refractivity contribution in [2.24, 2.45) is 12.0 Å². The van der Waals surface area contributed by atoms with E-state index < -0.39 is 0 Å². The Balaban J connectivity index is 1.40. The van der Waals surface area contributed by atoms with Crippen LogP contribution in [0.1, 0.15) is 63.0 Å². The number of rotatable bonds is 5. The van der Waals surface area contributed by atoms with Gasteiger partial charge in [-0.05, 0) is 45.4 Å². The summed E-state index contributed by atoms with van der Waals surface area (Å²) in [5.41, 5.74) is 0.0935. The summed E-state index contributed by atoms with van der Waals surface area (Å²) in [5, 5.41) is 15.5. The first-order valence-electron chi connectivity index (χ1n) is 10.8. The van der Waals surface area contributed by atoms with E-state index in [1.165, 1.54) is 25.7 Å². The minimum atomic E-state index is 0.0935. The van der Waals surface area contributed by atoms with Gasteiger partial charge in [0.25, 0.3) is 0 Å². The van der Waals surface area contributed by atoms with Crippen molar-refractivity contribution < 1.29 is 9.47 Å². The lowest BCUT2D eigenvalue weighted by molar-refractivity contribution is -0.0815. The minimum absolute atomic E-state index is 0.0935. The summed E-state index contributed by atoms with van der Waals surface area (Å²) in [5.74, 6) is 2.62. The Bertz CT molecular complexity index is 676. The van der Waals surface area contributed by atoms with Crippen LogP contribution in [0.2, 0.25) is 0 Å². The SMILES string of the molecule is Cc1nnc(CN=C(NCC2CCCO2)NC2CCOC3(CCCC3)C2)n1C. The predicted octanol–water partition coefficient (Wildman–Crippen LogP) is 1.83. The van der Waals surface area contributed by atoms with Crippen molar-refractivity contribution in [3.63, 3.8) is 0 Å². The maximum Gasteiger partial charge on any atom is 0.192 e. The van der Waals surface area contributed by atoms with Crippen LogP contribution in [-0.4, -0.2) is 58.2 Å². The summed E-state index contributed by atoms with van der Waals surface area (Å²) >= 11 is 0. The van der Waals surface area contributed by atoms with E-state index in [1.54, 1.807) is 0 Å². The number of aromatic nitrogens is 3. The molecule has 3 aliphatic rings. The van der Waals surface area contributed by atoms with Gasteiger partial charge in [-0.3, -0.25) is 0 Å². The molecule has 8 nitrogen and oxygen atoms in total. The third-order valence-electron chi connectivity index (χ3n) is 6.43. The second-order valence-electron chi connectivity index (χ2n) is 8.48. The fraction of sp³-hybridized carbons (Fsp3) is 0.850. The van der Waals surface area contributed by atoms with E-state index in [0.717, 1.165) is 63.1 Å². The summed E-state index contributed by atoms with van der Waals surface area (Å²) < 4.78 is 13.9. The zero-order valence-corrected chi connectivity index (χ0v) is 17.2. The molecule has 1 saturated carbocycles. The van der Waals surface area contributed by atoms with E-state index >= 15 is 0 Å². The van der Waals surface area contributed by atoms with Gasteiger partial charge in [0.2, 0.25) is 0 Å². The Morgan fingerprint density at radius 1 is 1.21 bits per heavy atom. The van der Waals surface area contributed by atoms with E-state index in [-0.39, 0.29) is 11.7 Å². The lowest BCUT2D eigenvalue weighted by Gasteiger charge is -2.39. The minimum Gasteiger partial charge on any atom is -0.376 e. The topological polar surface area (TPSA) is 85.6 Å². The van der Waals surface area contributed by atoms with Gasteiger partial charge in [0, 0.05) is 32.8 Å². The van der Waals surface area contributed by atoms with Crippen molar-refractivity contribution in [3.05, 3.63) is 11.6 Å². The number of ether oxygens (including phenoxy) is 2. The molecule has 1 spiro atoms. The normalized spacial score (nSPS) is 27.4. The quantitative estimate of drug-likeness (QED) is 0.589. The van der Waals surface area contributed by atoms with E-state index in [2.05, 4.69) is 20.8 Å². The van der Waals surface area contributed by atoms with Crippen LogP contribution in [0.15, 0.2) is 4.99 Å². The molecular weight excluding hydrogens is 356 g/mol. The average Bonchev–Trinajstić information content (AvgIpc) is 3.43. The standard InChI is InChI=1S/C20H34N6O2/c1-15-24-25-18(26(15)2)14-22-19(21-13-17-6-5-10-27-17)23-16-7-11-28-20(12-16)8-3-4-9-20/h16-17H,3-14H2,1-2H3,(H2,21,22,23). The second kappa shape index (κ2) is 8.78. The molecule has 2 unspecified atom stereocenters. The first-order chi connectivity index (χ1) is 13.6. The van der Waals surface area contributed by atoms with Gasteiger partial charge in [0.1, 0.15) is 12.4 Å². The Morgan fingerprint density at radius 3 is 2.79 bits per heavy atom. The zero-order chi connectivity index (χ0) is 19.4. The van der Waals surface area contributed by atoms with Gasteiger partial charge in [-0.15, -0.1) is 10.2 Å². The number of aryl methyl sites for hydroxylation is 1. The second-order valence-corrected chi connectivity index (χ2v) is 8.48. The zero-order valence-electron chi connectivity index (χ0n) is 17.2. The molecule has 4 rings (SSSR count). The van der Waals surface area contributed by atoms with Crippen LogP contribution in [0, 0.1) is 6.92 Å². The summed E-state index contributed by atoms with van der Waals surface area (Å²) in [4.78, 5) is 4.81. The molecule has 28 heavy (non-hydrogen) atoms. The summed E-state index contributed by atoms with van der Waals surface area (Å²) in [6, 6.07) is 0.392. The van der Waals surface area contributed by atoms with Crippen molar-refractivity contribution in [2.75, 3.05) is 19.8 Å². The first kappa shape index (κ1) is 19.6. The highest BCUT2D eigenvalue weighted by Crippen LogP contribution is 2.39. The molecule has 2 atom stereocenters. The van der Waals surface area contributed by atoms with E-state index in [9.17, 15) is 0 Å². The molecule has 1 aliphatic carbocycles. The van der Waals surface area contributed by atoms with E-state index in [4.69, 9.17) is 14.5 Å². The number of nitrogens with zero attached hydrogens (tertiary/aromatic N) is 4. The number of hydrogen-bond acceptors (Lipinski definition) is 5. The molecule has 0 radical (unpaired) electrons. The number of guanidine groups is 1. The maximum atomic E-state index is 6.19. The van der Waals surface area contributed by atoms with Crippen molar-refractivity contribution in [3.8, 4) is 0 Å². The average molecular weight is 391 g/mol. The summed E-state index contributed by atoms with van der Waals surface area (Å²) in [6.45, 7) is 4.95. The van der Waals surface area contributed by atoms with E-state index in [0.29, 0.717) is 12.6 Å². The number of aliphatic imine (C=N–C) groups is 1. The largest absolute Gasteiger partial charge is 0.376 e. The molecule has 2 aliphatic heterocycles. The van der Waals surface area contributed by atoms with Gasteiger partial charge in [-0.1, -0.05) is 12.8 Å². The molecule has 0 bridgehead atoms. The molecule has 2 saturated heterocycles. The van der Waals surface area contributed by atoms with E-state index in [1.807, 2.05) is 18.5 Å². The molecule has 8 heteroatoms. The van der Waals surface area contributed by atoms with Crippen LogP contribution in [0.5, 0.6) is 0 Å². The summed E-state index contributed by atoms with van der Waals surface area (Å²) in [7, 11) is 1.98. The molecule has 1 aromatic rings. The summed E-state index contributed by atoms with van der Waals surface area (Å²) in [6.07, 6.45) is 9.59. The fourth-order valence-corrected chi connectivity index (χ4v) is 4.62. The maximum absolute atomic E-state index is 6.19.